The highest BCUT2D eigenvalue weighted by Gasteiger charge is 2.25. The third-order valence-corrected chi connectivity index (χ3v) is 3.72. The van der Waals surface area contributed by atoms with Crippen molar-refractivity contribution < 1.29 is 4.79 Å². The molecule has 1 fully saturated rings. The molecule has 1 unspecified atom stereocenters. The van der Waals surface area contributed by atoms with Crippen LogP contribution >= 0.6 is 0 Å². The molecular weight excluding hydrogens is 202 g/mol. The Morgan fingerprint density at radius 3 is 2.50 bits per heavy atom. The Kier molecular flexibility index (Phi) is 4.74. The molecule has 0 saturated heterocycles. The Balaban J connectivity index is 2.21. The van der Waals surface area contributed by atoms with Crippen molar-refractivity contribution in [3.63, 3.8) is 0 Å². The maximum Gasteiger partial charge on any atom is 0.237 e. The Labute approximate surface area is 98.3 Å². The van der Waals surface area contributed by atoms with Crippen LogP contribution < -0.4 is 11.5 Å². The lowest BCUT2D eigenvalue weighted by atomic mass is 9.96. The van der Waals surface area contributed by atoms with E-state index < -0.39 is 11.4 Å². The zero-order valence-corrected chi connectivity index (χ0v) is 10.5. The molecule has 1 atom stereocenters. The number of hydrogen-bond acceptors (Lipinski definition) is 3. The van der Waals surface area contributed by atoms with Gasteiger partial charge in [0.1, 0.15) is 0 Å². The second kappa shape index (κ2) is 5.64. The van der Waals surface area contributed by atoms with Crippen LogP contribution in [0, 0.1) is 0 Å². The summed E-state index contributed by atoms with van der Waals surface area (Å²) in [7, 11) is 2.16. The lowest BCUT2D eigenvalue weighted by Crippen LogP contribution is -2.49. The lowest BCUT2D eigenvalue weighted by molar-refractivity contribution is -0.122. The number of hydrogen-bond donors (Lipinski definition) is 2. The van der Waals surface area contributed by atoms with Gasteiger partial charge in [0.05, 0.1) is 5.54 Å². The molecule has 1 saturated carbocycles. The number of carbonyl (C=O) groups excluding carboxylic acids is 1. The number of rotatable bonds is 6. The highest BCUT2D eigenvalue weighted by Crippen LogP contribution is 2.22. The number of nitrogens with two attached hydrogens (primary N) is 2. The monoisotopic (exact) mass is 227 g/mol. The van der Waals surface area contributed by atoms with Crippen molar-refractivity contribution in [3.05, 3.63) is 0 Å². The van der Waals surface area contributed by atoms with Gasteiger partial charge in [-0.1, -0.05) is 12.8 Å². The van der Waals surface area contributed by atoms with E-state index in [9.17, 15) is 4.79 Å². The van der Waals surface area contributed by atoms with E-state index in [1.165, 1.54) is 25.7 Å². The smallest absolute Gasteiger partial charge is 0.237 e. The van der Waals surface area contributed by atoms with Crippen molar-refractivity contribution in [1.29, 1.82) is 0 Å². The van der Waals surface area contributed by atoms with Crippen LogP contribution in [-0.2, 0) is 4.79 Å². The van der Waals surface area contributed by atoms with Crippen LogP contribution in [0.5, 0.6) is 0 Å². The predicted octanol–water partition coefficient (Wildman–Crippen LogP) is 0.844. The highest BCUT2D eigenvalue weighted by atomic mass is 16.1. The average molecular weight is 227 g/mol. The van der Waals surface area contributed by atoms with Gasteiger partial charge in [0.2, 0.25) is 5.91 Å². The third-order valence-electron chi connectivity index (χ3n) is 3.72. The summed E-state index contributed by atoms with van der Waals surface area (Å²) in [4.78, 5) is 13.4. The molecular formula is C12H25N3O. The molecule has 4 nitrogen and oxygen atoms in total. The molecule has 0 aromatic heterocycles. The summed E-state index contributed by atoms with van der Waals surface area (Å²) in [5.41, 5.74) is 10.2. The maximum absolute atomic E-state index is 11.0. The van der Waals surface area contributed by atoms with E-state index in [0.29, 0.717) is 6.42 Å². The average Bonchev–Trinajstić information content (AvgIpc) is 2.69. The summed E-state index contributed by atoms with van der Waals surface area (Å²) in [5.74, 6) is -0.406. The summed E-state index contributed by atoms with van der Waals surface area (Å²) >= 11 is 0. The number of primary amides is 1. The maximum atomic E-state index is 11.0. The Morgan fingerprint density at radius 2 is 2.00 bits per heavy atom. The first-order valence-electron chi connectivity index (χ1n) is 6.22. The van der Waals surface area contributed by atoms with E-state index in [0.717, 1.165) is 19.0 Å². The minimum absolute atomic E-state index is 0.406. The molecule has 1 amide bonds. The fourth-order valence-corrected chi connectivity index (χ4v) is 2.35. The van der Waals surface area contributed by atoms with Gasteiger partial charge in [-0.2, -0.15) is 0 Å². The molecule has 1 rings (SSSR count). The Hall–Kier alpha value is -0.610. The summed E-state index contributed by atoms with van der Waals surface area (Å²) < 4.78 is 0. The van der Waals surface area contributed by atoms with Gasteiger partial charge in [-0.25, -0.2) is 0 Å². The third kappa shape index (κ3) is 3.76. The van der Waals surface area contributed by atoms with Crippen LogP contribution in [0.25, 0.3) is 0 Å². The van der Waals surface area contributed by atoms with Crippen LogP contribution in [0.1, 0.15) is 45.4 Å². The van der Waals surface area contributed by atoms with Crippen LogP contribution in [-0.4, -0.2) is 36.0 Å². The molecule has 0 radical (unpaired) electrons. The number of amides is 1. The van der Waals surface area contributed by atoms with Crippen LogP contribution in [0.2, 0.25) is 0 Å². The van der Waals surface area contributed by atoms with Crippen molar-refractivity contribution >= 4 is 5.91 Å². The number of nitrogens with zero attached hydrogens (tertiary/aromatic N) is 1. The first kappa shape index (κ1) is 13.5. The molecule has 0 aromatic rings. The van der Waals surface area contributed by atoms with Crippen LogP contribution in [0.3, 0.4) is 0 Å². The van der Waals surface area contributed by atoms with Gasteiger partial charge in [-0.3, -0.25) is 4.79 Å². The predicted molar refractivity (Wildman–Crippen MR) is 65.9 cm³/mol. The SMILES string of the molecule is CN(CCCC(C)(N)C(N)=O)C1CCCC1. The van der Waals surface area contributed by atoms with Crippen molar-refractivity contribution in [3.8, 4) is 0 Å². The van der Waals surface area contributed by atoms with E-state index in [4.69, 9.17) is 11.5 Å². The fourth-order valence-electron chi connectivity index (χ4n) is 2.35. The first-order chi connectivity index (χ1) is 7.43. The van der Waals surface area contributed by atoms with E-state index in [1.54, 1.807) is 6.92 Å². The van der Waals surface area contributed by atoms with Crippen molar-refractivity contribution in [2.75, 3.05) is 13.6 Å². The Bertz CT molecular complexity index is 234. The van der Waals surface area contributed by atoms with Crippen molar-refractivity contribution in [2.45, 2.75) is 57.0 Å². The first-order valence-corrected chi connectivity index (χ1v) is 6.22. The van der Waals surface area contributed by atoms with E-state index >= 15 is 0 Å². The fraction of sp³-hybridized carbons (Fsp3) is 0.917. The number of carbonyl (C=O) groups is 1. The summed E-state index contributed by atoms with van der Waals surface area (Å²) in [5, 5.41) is 0. The van der Waals surface area contributed by atoms with Gasteiger partial charge in [-0.05, 0) is 46.2 Å². The normalized spacial score (nSPS) is 21.2. The van der Waals surface area contributed by atoms with Crippen molar-refractivity contribution in [1.82, 2.24) is 4.90 Å². The molecule has 16 heavy (non-hydrogen) atoms. The van der Waals surface area contributed by atoms with Crippen LogP contribution in [0.4, 0.5) is 0 Å². The summed E-state index contributed by atoms with van der Waals surface area (Å²) in [6.45, 7) is 2.72. The summed E-state index contributed by atoms with van der Waals surface area (Å²) in [6.07, 6.45) is 6.93. The van der Waals surface area contributed by atoms with E-state index in [1.807, 2.05) is 0 Å². The molecule has 0 aliphatic heterocycles. The quantitative estimate of drug-likeness (QED) is 0.706. The van der Waals surface area contributed by atoms with E-state index in [2.05, 4.69) is 11.9 Å². The molecule has 0 bridgehead atoms. The second-order valence-electron chi connectivity index (χ2n) is 5.30. The summed E-state index contributed by atoms with van der Waals surface area (Å²) in [6, 6.07) is 0.734. The van der Waals surface area contributed by atoms with Gasteiger partial charge in [0.15, 0.2) is 0 Å². The van der Waals surface area contributed by atoms with Gasteiger partial charge < -0.3 is 16.4 Å². The van der Waals surface area contributed by atoms with Gasteiger partial charge in [0, 0.05) is 6.04 Å². The van der Waals surface area contributed by atoms with E-state index in [-0.39, 0.29) is 0 Å². The van der Waals surface area contributed by atoms with Crippen molar-refractivity contribution in [2.24, 2.45) is 11.5 Å². The zero-order valence-electron chi connectivity index (χ0n) is 10.5. The lowest BCUT2D eigenvalue weighted by Gasteiger charge is -2.26. The standard InChI is InChI=1S/C12H25N3O/c1-12(14,11(13)16)8-5-9-15(2)10-6-3-4-7-10/h10H,3-9,14H2,1-2H3,(H2,13,16). The topological polar surface area (TPSA) is 72.3 Å². The molecule has 0 spiro atoms. The molecule has 0 aromatic carbocycles. The highest BCUT2D eigenvalue weighted by molar-refractivity contribution is 5.83. The minimum Gasteiger partial charge on any atom is -0.368 e. The molecule has 4 heteroatoms. The van der Waals surface area contributed by atoms with Gasteiger partial charge in [0.25, 0.3) is 0 Å². The molecule has 4 N–H and O–H groups in total. The zero-order chi connectivity index (χ0) is 12.2. The van der Waals surface area contributed by atoms with Crippen LogP contribution in [0.15, 0.2) is 0 Å². The molecule has 94 valence electrons. The van der Waals surface area contributed by atoms with Gasteiger partial charge >= 0.3 is 0 Å². The van der Waals surface area contributed by atoms with Gasteiger partial charge in [-0.15, -0.1) is 0 Å². The molecule has 0 heterocycles. The molecule has 1 aliphatic carbocycles. The largest absolute Gasteiger partial charge is 0.368 e. The second-order valence-corrected chi connectivity index (χ2v) is 5.30. The molecule has 1 aliphatic rings. The Morgan fingerprint density at radius 1 is 1.44 bits per heavy atom. The minimum atomic E-state index is -0.851.